The first-order valence-electron chi connectivity index (χ1n) is 11.0. The Labute approximate surface area is 193 Å². The maximum Gasteiger partial charge on any atom is 0.322 e. The number of phenols is 1. The highest BCUT2D eigenvalue weighted by Crippen LogP contribution is 2.22. The first-order valence-corrected chi connectivity index (χ1v) is 11.0. The quantitative estimate of drug-likeness (QED) is 0.485. The van der Waals surface area contributed by atoms with Crippen LogP contribution in [0.15, 0.2) is 78.9 Å². The first-order chi connectivity index (χ1) is 16.1. The molecule has 4 rings (SSSR count). The van der Waals surface area contributed by atoms with Crippen molar-refractivity contribution in [2.24, 2.45) is 0 Å². The van der Waals surface area contributed by atoms with E-state index in [2.05, 4.69) is 10.6 Å². The summed E-state index contributed by atoms with van der Waals surface area (Å²) in [4.78, 5) is 27.2. The number of aromatic hydroxyl groups is 1. The van der Waals surface area contributed by atoms with Gasteiger partial charge in [0.1, 0.15) is 5.75 Å². The predicted molar refractivity (Wildman–Crippen MR) is 127 cm³/mol. The van der Waals surface area contributed by atoms with Crippen molar-refractivity contribution in [2.75, 3.05) is 23.8 Å². The van der Waals surface area contributed by atoms with Gasteiger partial charge in [0.15, 0.2) is 0 Å². The van der Waals surface area contributed by atoms with E-state index in [0.717, 1.165) is 12.8 Å². The minimum Gasteiger partial charge on any atom is -0.508 e. The van der Waals surface area contributed by atoms with Gasteiger partial charge in [-0.2, -0.15) is 0 Å². The second kappa shape index (κ2) is 10.7. The van der Waals surface area contributed by atoms with Crippen molar-refractivity contribution < 1.29 is 19.4 Å². The Bertz CT molecular complexity index is 1100. The number of benzene rings is 3. The molecule has 1 heterocycles. The van der Waals surface area contributed by atoms with E-state index in [4.69, 9.17) is 4.74 Å². The van der Waals surface area contributed by atoms with Gasteiger partial charge in [0, 0.05) is 35.7 Å². The second-order valence-corrected chi connectivity index (χ2v) is 7.98. The zero-order valence-corrected chi connectivity index (χ0v) is 18.2. The van der Waals surface area contributed by atoms with Gasteiger partial charge in [-0.3, -0.25) is 4.79 Å². The van der Waals surface area contributed by atoms with Crippen molar-refractivity contribution in [3.63, 3.8) is 0 Å². The summed E-state index contributed by atoms with van der Waals surface area (Å²) in [6, 6.07) is 22.6. The molecule has 3 aromatic carbocycles. The summed E-state index contributed by atoms with van der Waals surface area (Å²) in [6.07, 6.45) is 1.84. The number of ether oxygens (including phenoxy) is 1. The number of nitrogens with zero attached hydrogens (tertiary/aromatic N) is 1. The number of anilines is 2. The molecule has 0 saturated carbocycles. The maximum absolute atomic E-state index is 13.2. The summed E-state index contributed by atoms with van der Waals surface area (Å²) in [5.74, 6) is -0.0769. The molecule has 0 aliphatic carbocycles. The molecule has 3 N–H and O–H groups in total. The molecule has 0 spiro atoms. The fourth-order valence-corrected chi connectivity index (χ4v) is 3.77. The largest absolute Gasteiger partial charge is 0.508 e. The Hall–Kier alpha value is -3.84. The molecule has 1 aliphatic rings. The Morgan fingerprint density at radius 3 is 2.39 bits per heavy atom. The average Bonchev–Trinajstić information content (AvgIpc) is 3.34. The Morgan fingerprint density at radius 2 is 1.67 bits per heavy atom. The van der Waals surface area contributed by atoms with Crippen LogP contribution in [0.4, 0.5) is 16.2 Å². The number of urea groups is 1. The molecule has 170 valence electrons. The zero-order chi connectivity index (χ0) is 23.0. The summed E-state index contributed by atoms with van der Waals surface area (Å²) < 4.78 is 5.73. The molecule has 7 heteroatoms. The topological polar surface area (TPSA) is 90.9 Å². The molecular weight excluding hydrogens is 418 g/mol. The number of nitrogens with one attached hydrogen (secondary N) is 2. The summed E-state index contributed by atoms with van der Waals surface area (Å²) in [5, 5.41) is 15.9. The van der Waals surface area contributed by atoms with Gasteiger partial charge in [-0.1, -0.05) is 42.5 Å². The van der Waals surface area contributed by atoms with E-state index >= 15 is 0 Å². The van der Waals surface area contributed by atoms with Crippen molar-refractivity contribution in [2.45, 2.75) is 25.5 Å². The Kier molecular flexibility index (Phi) is 7.22. The molecule has 1 atom stereocenters. The van der Waals surface area contributed by atoms with Gasteiger partial charge in [0.25, 0.3) is 5.91 Å². The third-order valence-corrected chi connectivity index (χ3v) is 5.50. The summed E-state index contributed by atoms with van der Waals surface area (Å²) in [5.41, 5.74) is 2.35. The van der Waals surface area contributed by atoms with Gasteiger partial charge in [0.05, 0.1) is 12.6 Å². The van der Waals surface area contributed by atoms with Gasteiger partial charge >= 0.3 is 6.03 Å². The minimum absolute atomic E-state index is 0.0295. The fraction of sp³-hybridized carbons (Fsp3) is 0.231. The summed E-state index contributed by atoms with van der Waals surface area (Å²) >= 11 is 0. The van der Waals surface area contributed by atoms with Gasteiger partial charge in [-0.25, -0.2) is 4.79 Å². The van der Waals surface area contributed by atoms with Crippen LogP contribution in [0.25, 0.3) is 0 Å². The minimum atomic E-state index is -0.305. The van der Waals surface area contributed by atoms with Gasteiger partial charge in [0.2, 0.25) is 0 Å². The number of amides is 3. The van der Waals surface area contributed by atoms with E-state index < -0.39 is 0 Å². The van der Waals surface area contributed by atoms with Crippen LogP contribution in [0, 0.1) is 0 Å². The van der Waals surface area contributed by atoms with Crippen LogP contribution < -0.4 is 10.6 Å². The number of carbonyl (C=O) groups is 2. The molecule has 1 unspecified atom stereocenters. The highest BCUT2D eigenvalue weighted by molar-refractivity contribution is 6.04. The standard InChI is InChI=1S/C26H27N3O4/c30-24-14-5-4-10-20(24)17-29(18-23-13-7-15-33-23)26(32)28-22-12-6-11-21(16-22)27-25(31)19-8-2-1-3-9-19/h1-6,8-12,14,16,23,30H,7,13,15,17-18H2,(H,27,31)(H,28,32). The molecule has 33 heavy (non-hydrogen) atoms. The van der Waals surface area contributed by atoms with Crippen LogP contribution in [-0.4, -0.2) is 41.2 Å². The van der Waals surface area contributed by atoms with E-state index in [9.17, 15) is 14.7 Å². The number of carbonyl (C=O) groups excluding carboxylic acids is 2. The molecular formula is C26H27N3O4. The van der Waals surface area contributed by atoms with Crippen LogP contribution in [-0.2, 0) is 11.3 Å². The lowest BCUT2D eigenvalue weighted by molar-refractivity contribution is 0.0817. The Balaban J connectivity index is 1.46. The molecule has 7 nitrogen and oxygen atoms in total. The van der Waals surface area contributed by atoms with Gasteiger partial charge in [-0.05, 0) is 49.2 Å². The summed E-state index contributed by atoms with van der Waals surface area (Å²) in [7, 11) is 0. The van der Waals surface area contributed by atoms with Crippen molar-refractivity contribution >= 4 is 23.3 Å². The lowest BCUT2D eigenvalue weighted by atomic mass is 10.1. The van der Waals surface area contributed by atoms with Crippen molar-refractivity contribution in [3.05, 3.63) is 90.0 Å². The van der Waals surface area contributed by atoms with Crippen molar-refractivity contribution in [1.82, 2.24) is 4.90 Å². The second-order valence-electron chi connectivity index (χ2n) is 7.98. The number of hydrogen-bond donors (Lipinski definition) is 3. The van der Waals surface area contributed by atoms with E-state index in [1.165, 1.54) is 0 Å². The number of para-hydroxylation sites is 1. The molecule has 3 amide bonds. The van der Waals surface area contributed by atoms with Crippen LogP contribution >= 0.6 is 0 Å². The highest BCUT2D eigenvalue weighted by atomic mass is 16.5. The van der Waals surface area contributed by atoms with Crippen molar-refractivity contribution in [3.8, 4) is 5.75 Å². The number of rotatable bonds is 7. The van der Waals surface area contributed by atoms with Crippen LogP contribution in [0.1, 0.15) is 28.8 Å². The number of hydrogen-bond acceptors (Lipinski definition) is 4. The maximum atomic E-state index is 13.2. The predicted octanol–water partition coefficient (Wildman–Crippen LogP) is 4.86. The van der Waals surface area contributed by atoms with Crippen molar-refractivity contribution in [1.29, 1.82) is 0 Å². The molecule has 0 bridgehead atoms. The Morgan fingerprint density at radius 1 is 0.939 bits per heavy atom. The molecule has 3 aromatic rings. The van der Waals surface area contributed by atoms with Crippen LogP contribution in [0.5, 0.6) is 5.75 Å². The highest BCUT2D eigenvalue weighted by Gasteiger charge is 2.23. The van der Waals surface area contributed by atoms with Crippen LogP contribution in [0.2, 0.25) is 0 Å². The molecule has 0 radical (unpaired) electrons. The average molecular weight is 446 g/mol. The fourth-order valence-electron chi connectivity index (χ4n) is 3.77. The van der Waals surface area contributed by atoms with Crippen LogP contribution in [0.3, 0.4) is 0 Å². The lowest BCUT2D eigenvalue weighted by Gasteiger charge is -2.26. The van der Waals surface area contributed by atoms with E-state index in [-0.39, 0.29) is 30.3 Å². The third kappa shape index (κ3) is 6.11. The monoisotopic (exact) mass is 445 g/mol. The molecule has 1 aliphatic heterocycles. The smallest absolute Gasteiger partial charge is 0.322 e. The zero-order valence-electron chi connectivity index (χ0n) is 18.2. The molecule has 0 aromatic heterocycles. The molecule has 1 fully saturated rings. The first kappa shape index (κ1) is 22.4. The third-order valence-electron chi connectivity index (χ3n) is 5.50. The van der Waals surface area contributed by atoms with Gasteiger partial charge in [-0.15, -0.1) is 0 Å². The SMILES string of the molecule is O=C(Nc1cccc(NC(=O)N(Cc2ccccc2O)CC2CCCO2)c1)c1ccccc1. The summed E-state index contributed by atoms with van der Waals surface area (Å²) in [6.45, 7) is 1.37. The van der Waals surface area contributed by atoms with Gasteiger partial charge < -0.3 is 25.4 Å². The normalized spacial score (nSPS) is 15.1. The molecule has 1 saturated heterocycles. The van der Waals surface area contributed by atoms with E-state index in [0.29, 0.717) is 35.7 Å². The van der Waals surface area contributed by atoms with E-state index in [1.54, 1.807) is 71.6 Å². The van der Waals surface area contributed by atoms with E-state index in [1.807, 2.05) is 12.1 Å². The number of phenolic OH excluding ortho intramolecular Hbond substituents is 1. The lowest BCUT2D eigenvalue weighted by Crippen LogP contribution is -2.39.